The molecule has 8 nitrogen and oxygen atoms in total. The van der Waals surface area contributed by atoms with Gasteiger partial charge >= 0.3 is 7.12 Å². The lowest BCUT2D eigenvalue weighted by Crippen LogP contribution is -2.41. The van der Waals surface area contributed by atoms with Gasteiger partial charge in [-0.1, -0.05) is 337 Å². The molecule has 2 aromatic heterocycles. The van der Waals surface area contributed by atoms with E-state index < -0.39 is 18.3 Å². The van der Waals surface area contributed by atoms with Gasteiger partial charge in [0.2, 0.25) is 0 Å². The normalized spacial score (nSPS) is 12.6. The van der Waals surface area contributed by atoms with Gasteiger partial charge in [0.15, 0.2) is 11.6 Å². The van der Waals surface area contributed by atoms with E-state index in [0.29, 0.717) is 22.8 Å². The van der Waals surface area contributed by atoms with Gasteiger partial charge in [-0.15, -0.1) is 0 Å². The smallest absolute Gasteiger partial charge is 0.399 e. The molecule has 1 fully saturated rings. The van der Waals surface area contributed by atoms with Crippen LogP contribution in [0.5, 0.6) is 0 Å². The maximum Gasteiger partial charge on any atom is 0.494 e. The molecule has 0 spiro atoms. The van der Waals surface area contributed by atoms with Crippen molar-refractivity contribution in [3.05, 3.63) is 367 Å². The van der Waals surface area contributed by atoms with Crippen molar-refractivity contribution in [2.75, 3.05) is 0 Å². The van der Waals surface area contributed by atoms with Gasteiger partial charge in [0.1, 0.15) is 0 Å². The van der Waals surface area contributed by atoms with E-state index in [1.54, 1.807) is 0 Å². The summed E-state index contributed by atoms with van der Waals surface area (Å²) < 4.78 is 13.7. The first-order valence-electron chi connectivity index (χ1n) is 35.3. The molecule has 1 saturated heterocycles. The summed E-state index contributed by atoms with van der Waals surface area (Å²) in [4.78, 5) is 20.8. The van der Waals surface area contributed by atoms with Crippen molar-refractivity contribution < 1.29 is 9.31 Å². The molecule has 0 atom stereocenters. The highest BCUT2D eigenvalue weighted by Crippen LogP contribution is 2.44. The Kier molecular flexibility index (Phi) is 19.9. The minimum absolute atomic E-state index is 0.390. The number of hydrogen-bond acceptors (Lipinski definition) is 8. The van der Waals surface area contributed by atoms with Crippen LogP contribution in [-0.4, -0.2) is 38.3 Å². The molecule has 3 heterocycles. The summed E-state index contributed by atoms with van der Waals surface area (Å²) in [5.74, 6) is 1.39. The number of halogens is 1. The van der Waals surface area contributed by atoms with Crippen LogP contribution in [0.3, 0.4) is 0 Å². The van der Waals surface area contributed by atoms with Crippen molar-refractivity contribution in [1.29, 1.82) is 10.5 Å². The van der Waals surface area contributed by atoms with Crippen LogP contribution in [0.25, 0.3) is 145 Å². The fraction of sp³-hybridized carbons (Fsp3) is 0.0625. The van der Waals surface area contributed by atoms with Gasteiger partial charge in [0.25, 0.3) is 0 Å². The summed E-state index contributed by atoms with van der Waals surface area (Å²) in [6.45, 7) is 8.30. The lowest BCUT2D eigenvalue weighted by Gasteiger charge is -2.32. The number of nitrogens with zero attached hydrogens (tertiary/aromatic N) is 6. The van der Waals surface area contributed by atoms with Crippen molar-refractivity contribution >= 4 is 50.1 Å². The predicted octanol–water partition coefficient (Wildman–Crippen LogP) is 24.1. The van der Waals surface area contributed by atoms with Gasteiger partial charge in [-0.3, -0.25) is 0 Å². The zero-order chi connectivity index (χ0) is 72.6. The minimum atomic E-state index is -0.414. The second kappa shape index (κ2) is 30.6. The summed E-state index contributed by atoms with van der Waals surface area (Å²) in [5.41, 5.74) is 22.2. The molecular weight excluding hydrogens is 1360 g/mol. The molecule has 0 bridgehead atoms. The van der Waals surface area contributed by atoms with Gasteiger partial charge < -0.3 is 9.31 Å². The van der Waals surface area contributed by atoms with Gasteiger partial charge in [0.05, 0.1) is 57.2 Å². The van der Waals surface area contributed by atoms with Gasteiger partial charge in [0, 0.05) is 49.0 Å². The van der Waals surface area contributed by atoms with E-state index in [4.69, 9.17) is 34.5 Å². The van der Waals surface area contributed by atoms with Gasteiger partial charge in [-0.05, 0) is 130 Å². The second-order valence-corrected chi connectivity index (χ2v) is 27.8. The largest absolute Gasteiger partial charge is 0.494 e. The number of fused-ring (bicyclic) bond motifs is 2. The molecule has 1 aliphatic heterocycles. The third kappa shape index (κ3) is 14.5. The highest BCUT2D eigenvalue weighted by Gasteiger charge is 2.51. The topological polar surface area (TPSA) is 118 Å². The molecule has 10 heteroatoms. The molecule has 1 aliphatic rings. The highest BCUT2D eigenvalue weighted by molar-refractivity contribution is 9.10. The Labute approximate surface area is 627 Å². The number of hydrogen-bond donors (Lipinski definition) is 0. The molecule has 0 amide bonds. The molecule has 106 heavy (non-hydrogen) atoms. The molecule has 0 aliphatic carbocycles. The summed E-state index contributed by atoms with van der Waals surface area (Å²) in [7, 11) is -0.414. The first kappa shape index (κ1) is 68.9. The van der Waals surface area contributed by atoms with Crippen LogP contribution in [0.4, 0.5) is 0 Å². The Bertz CT molecular complexity index is 5870. The van der Waals surface area contributed by atoms with Crippen molar-refractivity contribution in [2.24, 2.45) is 0 Å². The first-order valence-corrected chi connectivity index (χ1v) is 36.1. The number of benzene rings is 14. The van der Waals surface area contributed by atoms with E-state index in [9.17, 15) is 5.26 Å². The zero-order valence-corrected chi connectivity index (χ0v) is 60.5. The average Bonchev–Trinajstić information content (AvgIpc) is 0.978. The Hall–Kier alpha value is -12.8. The van der Waals surface area contributed by atoms with Gasteiger partial charge in [-0.2, -0.15) is 10.5 Å². The van der Waals surface area contributed by atoms with E-state index in [-0.39, 0.29) is 0 Å². The van der Waals surface area contributed by atoms with E-state index in [1.165, 1.54) is 27.1 Å². The summed E-state index contributed by atoms with van der Waals surface area (Å²) >= 11 is 3.58. The second-order valence-electron chi connectivity index (χ2n) is 26.9. The standard InChI is InChI=1S/C45H29N3.C34H31BN2O2.C17H10BrN/c46-30-31-20-22-32(23-21-31)38-28-29-39(41-19-11-10-18-40(38)41)33-24-26-36(27-25-33)44-42(34-12-4-1-5-13-34)43(35-14-6-2-7-15-35)47-45(48-44)37-16-8-3-9-17-37;1-33(2)34(3,4)39-35(38-33)28-22-20-26(21-23-28)31-29(24-14-8-5-9-15-24)30(25-16-10-6-11-17-25)36-32(37-31)27-18-12-7-13-19-27;18-17-10-9-14(15-3-1-2-4-16(15)17)13-7-5-12(11-19)6-8-13/h1-29H;5-23H,1-4H3;1-10H. The van der Waals surface area contributed by atoms with Crippen LogP contribution in [0, 0.1) is 22.7 Å². The zero-order valence-electron chi connectivity index (χ0n) is 58.9. The van der Waals surface area contributed by atoms with Crippen LogP contribution in [0.15, 0.2) is 356 Å². The average molecular weight is 1430 g/mol. The Balaban J connectivity index is 0.000000138. The third-order valence-corrected chi connectivity index (χ3v) is 20.4. The lowest BCUT2D eigenvalue weighted by molar-refractivity contribution is 0.00578. The quantitative estimate of drug-likeness (QED) is 0.111. The predicted molar refractivity (Wildman–Crippen MR) is 438 cm³/mol. The third-order valence-electron chi connectivity index (χ3n) is 19.7. The summed E-state index contributed by atoms with van der Waals surface area (Å²) in [6.07, 6.45) is 0. The summed E-state index contributed by atoms with van der Waals surface area (Å²) in [6, 6.07) is 124. The molecule has 17 rings (SSSR count). The Morgan fingerprint density at radius 2 is 0.528 bits per heavy atom. The SMILES string of the molecule is CC1(C)OB(c2ccc(-c3nc(-c4ccccc4)nc(-c4ccccc4)c3-c3ccccc3)cc2)OC1(C)C.N#Cc1ccc(-c2ccc(-c3ccc(-c4nc(-c5ccccc5)nc(-c5ccccc5)c4-c4ccccc4)cc3)c3ccccc23)cc1.N#Cc1ccc(-c2ccc(Br)c3ccccc23)cc1. The number of nitriles is 2. The molecule has 0 unspecified atom stereocenters. The van der Waals surface area contributed by atoms with E-state index >= 15 is 0 Å². The fourth-order valence-corrected chi connectivity index (χ4v) is 14.0. The maximum atomic E-state index is 9.27. The van der Waals surface area contributed by atoms with E-state index in [2.05, 4.69) is 274 Å². The first-order chi connectivity index (χ1) is 51.9. The molecule has 0 N–H and O–H groups in total. The monoisotopic (exact) mass is 1430 g/mol. The van der Waals surface area contributed by atoms with Crippen molar-refractivity contribution in [1.82, 2.24) is 19.9 Å². The van der Waals surface area contributed by atoms with Crippen LogP contribution in [-0.2, 0) is 9.31 Å². The molecular formula is C96H70BBrN6O2. The van der Waals surface area contributed by atoms with Crippen LogP contribution < -0.4 is 5.46 Å². The van der Waals surface area contributed by atoms with E-state index in [1.807, 2.05) is 133 Å². The molecule has 14 aromatic carbocycles. The minimum Gasteiger partial charge on any atom is -0.399 e. The summed E-state index contributed by atoms with van der Waals surface area (Å²) in [5, 5.41) is 22.9. The van der Waals surface area contributed by atoms with Gasteiger partial charge in [-0.25, -0.2) is 19.9 Å². The van der Waals surface area contributed by atoms with Crippen molar-refractivity contribution in [2.45, 2.75) is 38.9 Å². The van der Waals surface area contributed by atoms with E-state index in [0.717, 1.165) is 116 Å². The molecule has 0 radical (unpaired) electrons. The Morgan fingerprint density at radius 3 is 0.868 bits per heavy atom. The van der Waals surface area contributed by atoms with Crippen LogP contribution >= 0.6 is 15.9 Å². The lowest BCUT2D eigenvalue weighted by atomic mass is 9.78. The van der Waals surface area contributed by atoms with Crippen molar-refractivity contribution in [3.63, 3.8) is 0 Å². The maximum absolute atomic E-state index is 9.27. The molecule has 0 saturated carbocycles. The van der Waals surface area contributed by atoms with Crippen molar-refractivity contribution in [3.8, 4) is 136 Å². The van der Waals surface area contributed by atoms with Crippen LogP contribution in [0.2, 0.25) is 0 Å². The molecule has 506 valence electrons. The highest BCUT2D eigenvalue weighted by atomic mass is 79.9. The van der Waals surface area contributed by atoms with Crippen LogP contribution in [0.1, 0.15) is 38.8 Å². The number of aromatic nitrogens is 4. The number of rotatable bonds is 12. The molecule has 16 aromatic rings. The Morgan fingerprint density at radius 1 is 0.274 bits per heavy atom. The fourth-order valence-electron chi connectivity index (χ4n) is 13.5.